The fourth-order valence-corrected chi connectivity index (χ4v) is 1.92. The van der Waals surface area contributed by atoms with Gasteiger partial charge in [0.1, 0.15) is 0 Å². The van der Waals surface area contributed by atoms with E-state index in [1.807, 2.05) is 0 Å². The molecule has 2 aromatic rings. The van der Waals surface area contributed by atoms with Crippen LogP contribution in [0.15, 0.2) is 41.5 Å². The van der Waals surface area contributed by atoms with Gasteiger partial charge in [-0.25, -0.2) is 5.43 Å². The molecule has 9 heteroatoms. The highest BCUT2D eigenvalue weighted by Crippen LogP contribution is 2.32. The number of nitrogens with zero attached hydrogens (tertiary/aromatic N) is 2. The monoisotopic (exact) mass is 330 g/mol. The average molecular weight is 330 g/mol. The van der Waals surface area contributed by atoms with Gasteiger partial charge in [0.15, 0.2) is 11.5 Å². The third-order valence-corrected chi connectivity index (χ3v) is 3.10. The summed E-state index contributed by atoms with van der Waals surface area (Å²) in [6, 6.07) is 8.57. The number of hydrogen-bond donors (Lipinski definition) is 3. The third kappa shape index (κ3) is 3.58. The van der Waals surface area contributed by atoms with Crippen LogP contribution < -0.4 is 15.9 Å². The van der Waals surface area contributed by atoms with Gasteiger partial charge in [-0.2, -0.15) is 5.10 Å². The highest BCUT2D eigenvalue weighted by atomic mass is 16.6. The van der Waals surface area contributed by atoms with Gasteiger partial charge in [-0.15, -0.1) is 0 Å². The normalized spacial score (nSPS) is 10.5. The van der Waals surface area contributed by atoms with Crippen LogP contribution in [0.1, 0.15) is 15.9 Å². The van der Waals surface area contributed by atoms with Crippen LogP contribution in [-0.2, 0) is 0 Å². The zero-order valence-corrected chi connectivity index (χ0v) is 12.6. The molecule has 0 aliphatic rings. The minimum absolute atomic E-state index is 0.000339. The molecule has 0 atom stereocenters. The second-order valence-corrected chi connectivity index (χ2v) is 4.63. The van der Waals surface area contributed by atoms with E-state index in [-0.39, 0.29) is 34.0 Å². The van der Waals surface area contributed by atoms with Crippen LogP contribution in [0.25, 0.3) is 0 Å². The van der Waals surface area contributed by atoms with Crippen molar-refractivity contribution in [2.75, 3.05) is 12.8 Å². The lowest BCUT2D eigenvalue weighted by Crippen LogP contribution is -2.19. The van der Waals surface area contributed by atoms with Gasteiger partial charge in [0.25, 0.3) is 11.6 Å². The summed E-state index contributed by atoms with van der Waals surface area (Å²) in [5.74, 6) is -0.895. The molecule has 0 bridgehead atoms. The summed E-state index contributed by atoms with van der Waals surface area (Å²) in [6.45, 7) is 0. The van der Waals surface area contributed by atoms with Crippen molar-refractivity contribution in [1.82, 2.24) is 5.43 Å². The summed E-state index contributed by atoms with van der Waals surface area (Å²) in [4.78, 5) is 22.3. The Kier molecular flexibility index (Phi) is 4.95. The predicted octanol–water partition coefficient (Wildman–Crippen LogP) is 1.66. The number of carbonyl (C=O) groups is 1. The number of amides is 1. The number of nitrogens with two attached hydrogens (primary N) is 1. The maximum Gasteiger partial charge on any atom is 0.282 e. The SMILES string of the molecule is COc1cc([N+](=O)[O-])c(/C=N\NC(=O)c2ccccc2N)cc1O. The van der Waals surface area contributed by atoms with Gasteiger partial charge in [0.05, 0.1) is 35.4 Å². The van der Waals surface area contributed by atoms with E-state index in [1.165, 1.54) is 13.2 Å². The number of ether oxygens (including phenoxy) is 1. The fourth-order valence-electron chi connectivity index (χ4n) is 1.92. The van der Waals surface area contributed by atoms with Crippen LogP contribution in [0.3, 0.4) is 0 Å². The van der Waals surface area contributed by atoms with Crippen molar-refractivity contribution < 1.29 is 19.6 Å². The summed E-state index contributed by atoms with van der Waals surface area (Å²) in [6.07, 6.45) is 1.05. The number of nitrogens with one attached hydrogen (secondary N) is 1. The summed E-state index contributed by atoms with van der Waals surface area (Å²) >= 11 is 0. The Labute approximate surface area is 136 Å². The molecule has 0 saturated heterocycles. The van der Waals surface area contributed by atoms with Gasteiger partial charge < -0.3 is 15.6 Å². The fraction of sp³-hybridized carbons (Fsp3) is 0.0667. The summed E-state index contributed by atoms with van der Waals surface area (Å²) < 4.78 is 4.82. The molecule has 0 aromatic heterocycles. The first-order valence-corrected chi connectivity index (χ1v) is 6.67. The van der Waals surface area contributed by atoms with Crippen LogP contribution >= 0.6 is 0 Å². The number of carbonyl (C=O) groups excluding carboxylic acids is 1. The van der Waals surface area contributed by atoms with E-state index in [4.69, 9.17) is 10.5 Å². The molecule has 4 N–H and O–H groups in total. The van der Waals surface area contributed by atoms with Crippen LogP contribution in [-0.4, -0.2) is 29.3 Å². The topological polar surface area (TPSA) is 140 Å². The number of nitrogen functional groups attached to an aromatic ring is 1. The number of para-hydroxylation sites is 1. The zero-order valence-electron chi connectivity index (χ0n) is 12.6. The molecule has 9 nitrogen and oxygen atoms in total. The number of hydrazone groups is 1. The molecular formula is C15H14N4O5. The number of hydrogen-bond acceptors (Lipinski definition) is 7. The van der Waals surface area contributed by atoms with Crippen LogP contribution in [0.2, 0.25) is 0 Å². The molecule has 0 fully saturated rings. The first-order valence-electron chi connectivity index (χ1n) is 6.67. The lowest BCUT2D eigenvalue weighted by molar-refractivity contribution is -0.385. The number of benzene rings is 2. The number of methoxy groups -OCH3 is 1. The van der Waals surface area contributed by atoms with Crippen molar-refractivity contribution in [2.24, 2.45) is 5.10 Å². The molecule has 0 heterocycles. The Morgan fingerprint density at radius 1 is 1.42 bits per heavy atom. The van der Waals surface area contributed by atoms with E-state index < -0.39 is 10.8 Å². The summed E-state index contributed by atoms with van der Waals surface area (Å²) in [5.41, 5.74) is 8.06. The van der Waals surface area contributed by atoms with Crippen LogP contribution in [0.4, 0.5) is 11.4 Å². The van der Waals surface area contributed by atoms with Gasteiger partial charge in [-0.05, 0) is 18.2 Å². The predicted molar refractivity (Wildman–Crippen MR) is 87.2 cm³/mol. The molecule has 0 unspecified atom stereocenters. The molecule has 0 spiro atoms. The molecule has 24 heavy (non-hydrogen) atoms. The van der Waals surface area contributed by atoms with Gasteiger partial charge >= 0.3 is 0 Å². The first-order chi connectivity index (χ1) is 11.4. The average Bonchev–Trinajstić information content (AvgIpc) is 2.55. The van der Waals surface area contributed by atoms with Crippen LogP contribution in [0.5, 0.6) is 11.5 Å². The minimum atomic E-state index is -0.652. The second-order valence-electron chi connectivity index (χ2n) is 4.63. The minimum Gasteiger partial charge on any atom is -0.504 e. The molecule has 0 saturated carbocycles. The van der Waals surface area contributed by atoms with Crippen molar-refractivity contribution in [2.45, 2.75) is 0 Å². The molecule has 0 aliphatic carbocycles. The van der Waals surface area contributed by atoms with E-state index in [0.29, 0.717) is 0 Å². The third-order valence-electron chi connectivity index (χ3n) is 3.10. The maximum atomic E-state index is 11.9. The highest BCUT2D eigenvalue weighted by Gasteiger charge is 2.17. The van der Waals surface area contributed by atoms with E-state index >= 15 is 0 Å². The van der Waals surface area contributed by atoms with Crippen molar-refractivity contribution in [1.29, 1.82) is 0 Å². The number of nitro groups is 1. The zero-order chi connectivity index (χ0) is 17.7. The Morgan fingerprint density at radius 2 is 2.12 bits per heavy atom. The lowest BCUT2D eigenvalue weighted by Gasteiger charge is -2.05. The molecular weight excluding hydrogens is 316 g/mol. The molecule has 124 valence electrons. The smallest absolute Gasteiger partial charge is 0.282 e. The van der Waals surface area contributed by atoms with Gasteiger partial charge in [0, 0.05) is 5.69 Å². The van der Waals surface area contributed by atoms with Crippen molar-refractivity contribution in [3.63, 3.8) is 0 Å². The van der Waals surface area contributed by atoms with E-state index in [9.17, 15) is 20.0 Å². The number of aromatic hydroxyl groups is 1. The summed E-state index contributed by atoms with van der Waals surface area (Å²) in [5, 5.41) is 24.4. The van der Waals surface area contributed by atoms with Crippen molar-refractivity contribution >= 4 is 23.5 Å². The second kappa shape index (κ2) is 7.09. The lowest BCUT2D eigenvalue weighted by atomic mass is 10.1. The number of phenolic OH excluding ortho intramolecular Hbond substituents is 1. The molecule has 2 rings (SSSR count). The van der Waals surface area contributed by atoms with Gasteiger partial charge in [-0.3, -0.25) is 14.9 Å². The largest absolute Gasteiger partial charge is 0.504 e. The first kappa shape index (κ1) is 16.7. The van der Waals surface area contributed by atoms with E-state index in [2.05, 4.69) is 10.5 Å². The number of phenols is 1. The van der Waals surface area contributed by atoms with Crippen LogP contribution in [0, 0.1) is 10.1 Å². The van der Waals surface area contributed by atoms with Gasteiger partial charge in [0.2, 0.25) is 0 Å². The van der Waals surface area contributed by atoms with Gasteiger partial charge in [-0.1, -0.05) is 12.1 Å². The molecule has 0 radical (unpaired) electrons. The summed E-state index contributed by atoms with van der Waals surface area (Å²) in [7, 11) is 1.27. The Bertz CT molecular complexity index is 820. The number of nitro benzene ring substituents is 1. The quantitative estimate of drug-likeness (QED) is 0.329. The maximum absolute atomic E-state index is 11.9. The molecule has 2 aromatic carbocycles. The number of rotatable bonds is 5. The Hall–Kier alpha value is -3.62. The molecule has 0 aliphatic heterocycles. The van der Waals surface area contributed by atoms with Crippen molar-refractivity contribution in [3.05, 3.63) is 57.6 Å². The molecule has 1 amide bonds. The standard InChI is InChI=1S/C15H14N4O5/c1-24-14-7-12(19(22)23)9(6-13(14)20)8-17-18-15(21)10-4-2-3-5-11(10)16/h2-8,20H,16H2,1H3,(H,18,21)/b17-8-. The highest BCUT2D eigenvalue weighted by molar-refractivity contribution is 5.99. The Balaban J connectivity index is 2.23. The van der Waals surface area contributed by atoms with E-state index in [0.717, 1.165) is 18.3 Å². The Morgan fingerprint density at radius 3 is 2.75 bits per heavy atom. The number of anilines is 1. The van der Waals surface area contributed by atoms with E-state index in [1.54, 1.807) is 18.2 Å². The van der Waals surface area contributed by atoms with Crippen molar-refractivity contribution in [3.8, 4) is 11.5 Å².